The summed E-state index contributed by atoms with van der Waals surface area (Å²) < 4.78 is 0. The molecule has 0 radical (unpaired) electrons. The van der Waals surface area contributed by atoms with E-state index >= 15 is 0 Å². The van der Waals surface area contributed by atoms with Gasteiger partial charge in [0.15, 0.2) is 0 Å². The minimum absolute atomic E-state index is 0.107. The molecule has 2 heterocycles. The second kappa shape index (κ2) is 7.29. The minimum Gasteiger partial charge on any atom is -0.342 e. The van der Waals surface area contributed by atoms with Gasteiger partial charge in [-0.05, 0) is 25.0 Å². The Morgan fingerprint density at radius 2 is 1.68 bits per heavy atom. The second-order valence-corrected chi connectivity index (χ2v) is 6.12. The summed E-state index contributed by atoms with van der Waals surface area (Å²) in [6.07, 6.45) is 3.90. The Kier molecular flexibility index (Phi) is 4.92. The van der Waals surface area contributed by atoms with Crippen LogP contribution in [0.3, 0.4) is 0 Å². The number of rotatable bonds is 4. The summed E-state index contributed by atoms with van der Waals surface area (Å²) in [4.78, 5) is 35.1. The molecule has 1 aliphatic heterocycles. The topological polar surface area (TPSA) is 78.4 Å². The Morgan fingerprint density at radius 3 is 2.24 bits per heavy atom. The lowest BCUT2D eigenvalue weighted by atomic mass is 10.1. The van der Waals surface area contributed by atoms with Gasteiger partial charge < -0.3 is 15.1 Å². The van der Waals surface area contributed by atoms with Crippen molar-refractivity contribution in [3.8, 4) is 0 Å². The van der Waals surface area contributed by atoms with Crippen molar-refractivity contribution in [1.29, 1.82) is 0 Å². The normalized spacial score (nSPS) is 14.3. The van der Waals surface area contributed by atoms with Gasteiger partial charge in [-0.2, -0.15) is 0 Å². The summed E-state index contributed by atoms with van der Waals surface area (Å²) in [5.41, 5.74) is 3.65. The molecule has 0 saturated carbocycles. The standard InChI is InChI=1S/C18H21N5O2/c1-13-4-3-5-14(2)16(13)21-18-19-10-15(11-20-18)17(25)23-8-6-22(12-24)7-9-23/h3-5,10-12H,6-9H2,1-2H3,(H,19,20,21). The minimum atomic E-state index is -0.107. The van der Waals surface area contributed by atoms with E-state index in [1.165, 1.54) is 12.4 Å². The van der Waals surface area contributed by atoms with E-state index < -0.39 is 0 Å². The number of carbonyl (C=O) groups excluding carboxylic acids is 2. The molecule has 2 aromatic rings. The van der Waals surface area contributed by atoms with Gasteiger partial charge in [0.25, 0.3) is 5.91 Å². The van der Waals surface area contributed by atoms with Gasteiger partial charge >= 0.3 is 0 Å². The van der Waals surface area contributed by atoms with Crippen molar-refractivity contribution in [2.45, 2.75) is 13.8 Å². The van der Waals surface area contributed by atoms with E-state index in [1.54, 1.807) is 9.80 Å². The van der Waals surface area contributed by atoms with Crippen LogP contribution < -0.4 is 5.32 Å². The number of aryl methyl sites for hydroxylation is 2. The van der Waals surface area contributed by atoms with Gasteiger partial charge in [0.2, 0.25) is 12.4 Å². The maximum Gasteiger partial charge on any atom is 0.257 e. The largest absolute Gasteiger partial charge is 0.342 e. The molecule has 0 spiro atoms. The molecule has 7 nitrogen and oxygen atoms in total. The number of aromatic nitrogens is 2. The van der Waals surface area contributed by atoms with Crippen molar-refractivity contribution >= 4 is 24.0 Å². The fourth-order valence-electron chi connectivity index (χ4n) is 2.84. The Bertz CT molecular complexity index is 747. The smallest absolute Gasteiger partial charge is 0.257 e. The molecular weight excluding hydrogens is 318 g/mol. The first-order valence-electron chi connectivity index (χ1n) is 8.22. The van der Waals surface area contributed by atoms with Crippen molar-refractivity contribution in [2.75, 3.05) is 31.5 Å². The number of nitrogens with one attached hydrogen (secondary N) is 1. The highest BCUT2D eigenvalue weighted by molar-refractivity contribution is 5.93. The van der Waals surface area contributed by atoms with Crippen LogP contribution in [0.1, 0.15) is 21.5 Å². The highest BCUT2D eigenvalue weighted by Crippen LogP contribution is 2.22. The quantitative estimate of drug-likeness (QED) is 0.859. The fourth-order valence-corrected chi connectivity index (χ4v) is 2.84. The maximum atomic E-state index is 12.5. The molecule has 0 unspecified atom stereocenters. The molecule has 1 aliphatic rings. The first kappa shape index (κ1) is 16.9. The molecule has 3 rings (SSSR count). The lowest BCUT2D eigenvalue weighted by Crippen LogP contribution is -2.48. The molecule has 0 aliphatic carbocycles. The fraction of sp³-hybridized carbons (Fsp3) is 0.333. The van der Waals surface area contributed by atoms with E-state index in [4.69, 9.17) is 0 Å². The summed E-state index contributed by atoms with van der Waals surface area (Å²) in [6, 6.07) is 6.04. The van der Waals surface area contributed by atoms with E-state index in [0.717, 1.165) is 23.2 Å². The van der Waals surface area contributed by atoms with Crippen LogP contribution in [-0.2, 0) is 4.79 Å². The van der Waals surface area contributed by atoms with Crippen molar-refractivity contribution in [1.82, 2.24) is 19.8 Å². The summed E-state index contributed by atoms with van der Waals surface area (Å²) in [6.45, 7) is 6.21. The molecule has 1 fully saturated rings. The van der Waals surface area contributed by atoms with E-state index in [9.17, 15) is 9.59 Å². The molecule has 2 amide bonds. The van der Waals surface area contributed by atoms with E-state index in [-0.39, 0.29) is 5.91 Å². The van der Waals surface area contributed by atoms with Crippen LogP contribution in [-0.4, -0.2) is 58.3 Å². The molecule has 7 heteroatoms. The predicted molar refractivity (Wildman–Crippen MR) is 94.8 cm³/mol. The summed E-state index contributed by atoms with van der Waals surface area (Å²) >= 11 is 0. The molecule has 25 heavy (non-hydrogen) atoms. The number of para-hydroxylation sites is 1. The lowest BCUT2D eigenvalue weighted by molar-refractivity contribution is -0.119. The Hall–Kier alpha value is -2.96. The third kappa shape index (κ3) is 3.76. The number of anilines is 2. The number of nitrogens with zero attached hydrogens (tertiary/aromatic N) is 4. The zero-order valence-electron chi connectivity index (χ0n) is 14.4. The lowest BCUT2D eigenvalue weighted by Gasteiger charge is -2.32. The Morgan fingerprint density at radius 1 is 1.08 bits per heavy atom. The number of carbonyl (C=O) groups is 2. The van der Waals surface area contributed by atoms with Crippen LogP contribution in [0.4, 0.5) is 11.6 Å². The number of amides is 2. The van der Waals surface area contributed by atoms with E-state index in [0.29, 0.717) is 37.7 Å². The van der Waals surface area contributed by atoms with Gasteiger partial charge in [0.05, 0.1) is 5.56 Å². The average molecular weight is 339 g/mol. The molecule has 0 bridgehead atoms. The molecule has 1 saturated heterocycles. The first-order chi connectivity index (χ1) is 12.1. The van der Waals surface area contributed by atoms with Gasteiger partial charge in [-0.3, -0.25) is 9.59 Å². The highest BCUT2D eigenvalue weighted by atomic mass is 16.2. The molecule has 1 N–H and O–H groups in total. The SMILES string of the molecule is Cc1cccc(C)c1Nc1ncc(C(=O)N2CCN(C=O)CC2)cn1. The monoisotopic (exact) mass is 339 g/mol. The van der Waals surface area contributed by atoms with Crippen LogP contribution in [0.2, 0.25) is 0 Å². The molecular formula is C18H21N5O2. The Labute approximate surface area is 146 Å². The number of hydrogen-bond donors (Lipinski definition) is 1. The molecule has 130 valence electrons. The van der Waals surface area contributed by atoms with Crippen LogP contribution in [0, 0.1) is 13.8 Å². The van der Waals surface area contributed by atoms with Gasteiger partial charge in [0.1, 0.15) is 0 Å². The van der Waals surface area contributed by atoms with Gasteiger partial charge in [-0.25, -0.2) is 9.97 Å². The number of benzene rings is 1. The second-order valence-electron chi connectivity index (χ2n) is 6.12. The van der Waals surface area contributed by atoms with Crippen LogP contribution in [0.5, 0.6) is 0 Å². The maximum absolute atomic E-state index is 12.5. The predicted octanol–water partition coefficient (Wildman–Crippen LogP) is 1.75. The summed E-state index contributed by atoms with van der Waals surface area (Å²) in [5, 5.41) is 3.21. The number of hydrogen-bond acceptors (Lipinski definition) is 5. The Balaban J connectivity index is 1.68. The van der Waals surface area contributed by atoms with Gasteiger partial charge in [-0.15, -0.1) is 0 Å². The van der Waals surface area contributed by atoms with Gasteiger partial charge in [0, 0.05) is 44.3 Å². The van der Waals surface area contributed by atoms with Crippen LogP contribution >= 0.6 is 0 Å². The summed E-state index contributed by atoms with van der Waals surface area (Å²) in [7, 11) is 0. The van der Waals surface area contributed by atoms with Gasteiger partial charge in [-0.1, -0.05) is 18.2 Å². The van der Waals surface area contributed by atoms with Crippen molar-refractivity contribution < 1.29 is 9.59 Å². The number of piperazine rings is 1. The van der Waals surface area contributed by atoms with Crippen molar-refractivity contribution in [2.24, 2.45) is 0 Å². The highest BCUT2D eigenvalue weighted by Gasteiger charge is 2.21. The zero-order chi connectivity index (χ0) is 17.8. The van der Waals surface area contributed by atoms with Crippen LogP contribution in [0.25, 0.3) is 0 Å². The third-order valence-electron chi connectivity index (χ3n) is 4.37. The zero-order valence-corrected chi connectivity index (χ0v) is 14.4. The molecule has 0 atom stereocenters. The average Bonchev–Trinajstić information content (AvgIpc) is 2.65. The first-order valence-corrected chi connectivity index (χ1v) is 8.22. The third-order valence-corrected chi connectivity index (χ3v) is 4.37. The van der Waals surface area contributed by atoms with E-state index in [1.807, 2.05) is 32.0 Å². The molecule has 1 aromatic heterocycles. The van der Waals surface area contributed by atoms with E-state index in [2.05, 4.69) is 15.3 Å². The van der Waals surface area contributed by atoms with Crippen molar-refractivity contribution in [3.05, 3.63) is 47.3 Å². The summed E-state index contributed by atoms with van der Waals surface area (Å²) in [5.74, 6) is 0.351. The van der Waals surface area contributed by atoms with Crippen LogP contribution in [0.15, 0.2) is 30.6 Å². The van der Waals surface area contributed by atoms with Crippen molar-refractivity contribution in [3.63, 3.8) is 0 Å². The molecule has 1 aromatic carbocycles.